The van der Waals surface area contributed by atoms with Gasteiger partial charge in [-0.2, -0.15) is 8.78 Å². The summed E-state index contributed by atoms with van der Waals surface area (Å²) < 4.78 is 34.3. The lowest BCUT2D eigenvalue weighted by atomic mass is 10.1. The number of carbonyl (C=O) groups excluding carboxylic acids is 2. The van der Waals surface area contributed by atoms with E-state index >= 15 is 0 Å². The van der Waals surface area contributed by atoms with Gasteiger partial charge in [0.25, 0.3) is 5.91 Å². The first-order valence-corrected chi connectivity index (χ1v) is 10.5. The lowest BCUT2D eigenvalue weighted by molar-refractivity contribution is -0.111. The summed E-state index contributed by atoms with van der Waals surface area (Å²) in [6, 6.07) is 9.05. The maximum Gasteiger partial charge on any atom is 0.387 e. The quantitative estimate of drug-likeness (QED) is 0.570. The Morgan fingerprint density at radius 1 is 1.09 bits per heavy atom. The van der Waals surface area contributed by atoms with E-state index in [0.717, 1.165) is 19.3 Å². The number of piperidine rings is 1. The van der Waals surface area contributed by atoms with Crippen molar-refractivity contribution in [3.8, 4) is 11.5 Å². The van der Waals surface area contributed by atoms with Crippen LogP contribution in [0.2, 0.25) is 5.02 Å². The number of carbonyl (C=O) groups is 2. The zero-order valence-electron chi connectivity index (χ0n) is 17.4. The molecular weight excluding hydrogens is 442 g/mol. The molecule has 0 atom stereocenters. The highest BCUT2D eigenvalue weighted by Crippen LogP contribution is 2.30. The lowest BCUT2D eigenvalue weighted by Crippen LogP contribution is -2.36. The Bertz CT molecular complexity index is 1010. The highest BCUT2D eigenvalue weighted by atomic mass is 35.5. The van der Waals surface area contributed by atoms with Crippen LogP contribution in [-0.2, 0) is 4.79 Å². The topological polar surface area (TPSA) is 67.9 Å². The minimum atomic E-state index is -2.98. The Hall–Kier alpha value is -3.13. The molecule has 0 unspecified atom stereocenters. The van der Waals surface area contributed by atoms with Crippen molar-refractivity contribution < 1.29 is 27.8 Å². The Kier molecular flexibility index (Phi) is 8.05. The van der Waals surface area contributed by atoms with Crippen LogP contribution in [0.3, 0.4) is 0 Å². The Morgan fingerprint density at radius 3 is 2.53 bits per heavy atom. The molecule has 32 heavy (non-hydrogen) atoms. The van der Waals surface area contributed by atoms with E-state index in [1.54, 1.807) is 17.0 Å². The molecule has 1 fully saturated rings. The molecule has 9 heteroatoms. The minimum absolute atomic E-state index is 0.108. The Labute approximate surface area is 189 Å². The van der Waals surface area contributed by atoms with Crippen molar-refractivity contribution in [3.63, 3.8) is 0 Å². The van der Waals surface area contributed by atoms with Gasteiger partial charge in [0.05, 0.1) is 18.4 Å². The summed E-state index contributed by atoms with van der Waals surface area (Å²) in [5.41, 5.74) is 1.23. The van der Waals surface area contributed by atoms with E-state index in [1.807, 2.05) is 0 Å². The van der Waals surface area contributed by atoms with Crippen molar-refractivity contribution in [3.05, 3.63) is 58.6 Å². The molecule has 0 aromatic heterocycles. The predicted octanol–water partition coefficient (Wildman–Crippen LogP) is 5.23. The van der Waals surface area contributed by atoms with Crippen LogP contribution in [0.15, 0.2) is 42.5 Å². The molecule has 0 bridgehead atoms. The molecule has 0 radical (unpaired) electrons. The molecule has 0 aliphatic carbocycles. The molecular formula is C23H23ClF2N2O4. The summed E-state index contributed by atoms with van der Waals surface area (Å²) in [6.45, 7) is -1.61. The van der Waals surface area contributed by atoms with Gasteiger partial charge in [0.2, 0.25) is 5.91 Å². The monoisotopic (exact) mass is 464 g/mol. The Balaban J connectivity index is 1.74. The van der Waals surface area contributed by atoms with Gasteiger partial charge in [0.15, 0.2) is 11.5 Å². The van der Waals surface area contributed by atoms with Crippen LogP contribution in [0.25, 0.3) is 6.08 Å². The van der Waals surface area contributed by atoms with E-state index in [2.05, 4.69) is 10.1 Å². The van der Waals surface area contributed by atoms with Gasteiger partial charge in [-0.15, -0.1) is 0 Å². The largest absolute Gasteiger partial charge is 0.493 e. The number of anilines is 1. The molecule has 1 saturated heterocycles. The molecule has 2 amide bonds. The average Bonchev–Trinajstić information content (AvgIpc) is 2.78. The minimum Gasteiger partial charge on any atom is -0.493 e. The molecule has 2 aromatic rings. The first-order chi connectivity index (χ1) is 15.4. The zero-order valence-corrected chi connectivity index (χ0v) is 18.2. The van der Waals surface area contributed by atoms with E-state index in [4.69, 9.17) is 16.3 Å². The van der Waals surface area contributed by atoms with Gasteiger partial charge < -0.3 is 19.7 Å². The van der Waals surface area contributed by atoms with Crippen molar-refractivity contribution in [2.24, 2.45) is 0 Å². The van der Waals surface area contributed by atoms with Crippen molar-refractivity contribution in [2.45, 2.75) is 25.9 Å². The molecule has 3 rings (SSSR count). The first-order valence-electron chi connectivity index (χ1n) is 10.1. The van der Waals surface area contributed by atoms with Crippen molar-refractivity contribution in [1.82, 2.24) is 4.90 Å². The van der Waals surface area contributed by atoms with Gasteiger partial charge in [0, 0.05) is 24.2 Å². The highest BCUT2D eigenvalue weighted by Gasteiger charge is 2.21. The number of rotatable bonds is 7. The lowest BCUT2D eigenvalue weighted by Gasteiger charge is -2.27. The fourth-order valence-electron chi connectivity index (χ4n) is 3.40. The zero-order chi connectivity index (χ0) is 23.1. The SMILES string of the molecule is COc1cc(/C=C/C(=O)Nc2cc(Cl)ccc2C(=O)N2CCCCC2)ccc1OC(F)F. The number of alkyl halides is 2. The number of hydrogen-bond acceptors (Lipinski definition) is 4. The number of nitrogens with one attached hydrogen (secondary N) is 1. The number of hydrogen-bond donors (Lipinski definition) is 1. The summed E-state index contributed by atoms with van der Waals surface area (Å²) in [4.78, 5) is 27.2. The summed E-state index contributed by atoms with van der Waals surface area (Å²) in [5, 5.41) is 3.08. The summed E-state index contributed by atoms with van der Waals surface area (Å²) in [6.07, 6.45) is 5.75. The maximum absolute atomic E-state index is 12.9. The van der Waals surface area contributed by atoms with E-state index in [9.17, 15) is 18.4 Å². The molecule has 6 nitrogen and oxygen atoms in total. The third kappa shape index (κ3) is 6.20. The van der Waals surface area contributed by atoms with E-state index in [0.29, 0.717) is 34.9 Å². The number of amides is 2. The Morgan fingerprint density at radius 2 is 1.84 bits per heavy atom. The van der Waals surface area contributed by atoms with Crippen LogP contribution in [0.4, 0.5) is 14.5 Å². The smallest absolute Gasteiger partial charge is 0.387 e. The van der Waals surface area contributed by atoms with Gasteiger partial charge in [-0.1, -0.05) is 17.7 Å². The molecule has 0 spiro atoms. The van der Waals surface area contributed by atoms with Gasteiger partial charge in [-0.3, -0.25) is 9.59 Å². The van der Waals surface area contributed by atoms with Gasteiger partial charge in [-0.25, -0.2) is 0 Å². The second-order valence-electron chi connectivity index (χ2n) is 7.15. The maximum atomic E-state index is 12.9. The second-order valence-corrected chi connectivity index (χ2v) is 7.59. The third-order valence-corrected chi connectivity index (χ3v) is 5.18. The van der Waals surface area contributed by atoms with Crippen molar-refractivity contribution in [1.29, 1.82) is 0 Å². The number of halogens is 3. The summed E-state index contributed by atoms with van der Waals surface area (Å²) >= 11 is 6.07. The van der Waals surface area contributed by atoms with Crippen molar-refractivity contribution >= 4 is 35.2 Å². The molecule has 170 valence electrons. The molecule has 1 heterocycles. The molecule has 1 N–H and O–H groups in total. The number of likely N-dealkylation sites (tertiary alicyclic amines) is 1. The normalized spacial score (nSPS) is 14.0. The molecule has 1 aliphatic heterocycles. The second kappa shape index (κ2) is 10.9. The van der Waals surface area contributed by atoms with E-state index in [-0.39, 0.29) is 17.4 Å². The fourth-order valence-corrected chi connectivity index (χ4v) is 3.57. The van der Waals surface area contributed by atoms with Crippen LogP contribution in [0.1, 0.15) is 35.2 Å². The number of benzene rings is 2. The molecule has 2 aromatic carbocycles. The van der Waals surface area contributed by atoms with Gasteiger partial charge in [0.1, 0.15) is 0 Å². The van der Waals surface area contributed by atoms with E-state index < -0.39 is 12.5 Å². The highest BCUT2D eigenvalue weighted by molar-refractivity contribution is 6.31. The van der Waals surface area contributed by atoms with Gasteiger partial charge in [-0.05, 0) is 61.2 Å². The van der Waals surface area contributed by atoms with Crippen LogP contribution in [0, 0.1) is 0 Å². The van der Waals surface area contributed by atoms with Crippen LogP contribution < -0.4 is 14.8 Å². The number of nitrogens with zero attached hydrogens (tertiary/aromatic N) is 1. The van der Waals surface area contributed by atoms with Gasteiger partial charge >= 0.3 is 6.61 Å². The molecule has 1 aliphatic rings. The average molecular weight is 465 g/mol. The predicted molar refractivity (Wildman–Crippen MR) is 118 cm³/mol. The van der Waals surface area contributed by atoms with Crippen LogP contribution in [0.5, 0.6) is 11.5 Å². The fraction of sp³-hybridized carbons (Fsp3) is 0.304. The van der Waals surface area contributed by atoms with Crippen LogP contribution >= 0.6 is 11.6 Å². The molecule has 0 saturated carbocycles. The summed E-state index contributed by atoms with van der Waals surface area (Å²) in [7, 11) is 1.33. The summed E-state index contributed by atoms with van der Waals surface area (Å²) in [5.74, 6) is -0.632. The van der Waals surface area contributed by atoms with Crippen LogP contribution in [-0.4, -0.2) is 43.5 Å². The third-order valence-electron chi connectivity index (χ3n) is 4.94. The van der Waals surface area contributed by atoms with Crippen molar-refractivity contribution in [2.75, 3.05) is 25.5 Å². The number of ether oxygens (including phenoxy) is 2. The number of methoxy groups -OCH3 is 1. The van der Waals surface area contributed by atoms with E-state index in [1.165, 1.54) is 43.5 Å². The first kappa shape index (κ1) is 23.5. The standard InChI is InChI=1S/C23H23ClF2N2O4/c1-31-20-13-15(5-9-19(20)32-23(25)26)6-10-21(29)27-18-14-16(24)7-8-17(18)22(30)28-11-3-2-4-12-28/h5-10,13-14,23H,2-4,11-12H2,1H3,(H,27,29)/b10-6+.